The van der Waals surface area contributed by atoms with Crippen molar-refractivity contribution in [1.29, 1.82) is 0 Å². The molecule has 7 aromatic carbocycles. The molecule has 0 radical (unpaired) electrons. The standard InChI is InChI=1S/C76H88BN3O/c1-69(2,3)47-24-28-50(29-25-47)78(49-22-20-19-21-23-49)53-41-63-66-64(42-53)80(51-30-26-48(27-31-51)70(4,5)6)67-54-43-57-60(76(17,18)39-36-73(57,11)12)46-65(54)81-68(67)77(66)61-44-58-59(75(15,16)38-37-74(58,13)14)45-62(61)79(63)52-32-33-55-56(40-52)72(9,10)35-34-71(55,7)8/h19-33,40-46H,34-39H2,1-18H3/i19D,20D,21D,22D,23D. The zero-order valence-electron chi connectivity index (χ0n) is 56.9. The summed E-state index contributed by atoms with van der Waals surface area (Å²) in [4.78, 5) is 6.93. The highest BCUT2D eigenvalue weighted by atomic mass is 16.3. The fraction of sp³-hybridized carbons (Fsp3) is 0.421. The molecule has 0 N–H and O–H groups in total. The summed E-state index contributed by atoms with van der Waals surface area (Å²) in [7, 11) is 0. The van der Waals surface area contributed by atoms with E-state index in [9.17, 15) is 5.48 Å². The molecule has 0 amide bonds. The van der Waals surface area contributed by atoms with E-state index in [1.807, 2.05) is 4.90 Å². The first-order chi connectivity index (χ1) is 39.9. The quantitative estimate of drug-likeness (QED) is 0.160. The topological polar surface area (TPSA) is 22.9 Å². The van der Waals surface area contributed by atoms with Crippen molar-refractivity contribution >= 4 is 85.5 Å². The molecule has 4 nitrogen and oxygen atoms in total. The summed E-state index contributed by atoms with van der Waals surface area (Å²) in [5, 5.41) is 1.06. The number of anilines is 9. The zero-order valence-corrected chi connectivity index (χ0v) is 51.9. The first-order valence-corrected chi connectivity index (χ1v) is 30.3. The van der Waals surface area contributed by atoms with E-state index in [4.69, 9.17) is 5.79 Å². The van der Waals surface area contributed by atoms with Crippen molar-refractivity contribution in [3.8, 4) is 0 Å². The van der Waals surface area contributed by atoms with Crippen LogP contribution in [0.2, 0.25) is 0 Å². The molecular weight excluding hydrogens is 982 g/mol. The molecule has 5 heteroatoms. The lowest BCUT2D eigenvalue weighted by atomic mass is 9.35. The molecular formula is C76H88BN3O. The van der Waals surface area contributed by atoms with Crippen LogP contribution >= 0.6 is 0 Å². The second-order valence-electron chi connectivity index (χ2n) is 31.1. The predicted octanol–water partition coefficient (Wildman–Crippen LogP) is 19.6. The minimum Gasteiger partial charge on any atom is -0.468 e. The van der Waals surface area contributed by atoms with Gasteiger partial charge in [0, 0.05) is 45.2 Å². The molecule has 0 spiro atoms. The van der Waals surface area contributed by atoms with E-state index in [2.05, 4.69) is 238 Å². The largest absolute Gasteiger partial charge is 0.468 e. The van der Waals surface area contributed by atoms with Gasteiger partial charge in [-0.2, -0.15) is 0 Å². The number of nitrogens with zero attached hydrogens (tertiary/aromatic N) is 3. The summed E-state index contributed by atoms with van der Waals surface area (Å²) < 4.78 is 54.8. The minimum atomic E-state index is -0.427. The van der Waals surface area contributed by atoms with Gasteiger partial charge >= 0.3 is 0 Å². The number of hydrogen-bond donors (Lipinski definition) is 0. The number of para-hydroxylation sites is 1. The summed E-state index contributed by atoms with van der Waals surface area (Å²) in [5.74, 6) is 0. The maximum atomic E-state index is 9.82. The lowest BCUT2D eigenvalue weighted by molar-refractivity contribution is 0.332. The number of furan rings is 1. The first-order valence-electron chi connectivity index (χ1n) is 32.8. The summed E-state index contributed by atoms with van der Waals surface area (Å²) >= 11 is 0. The minimum absolute atomic E-state index is 0.0145. The zero-order chi connectivity index (χ0) is 61.9. The van der Waals surface area contributed by atoms with Gasteiger partial charge in [0.05, 0.1) is 23.9 Å². The molecule has 0 fully saturated rings. The molecule has 1 aromatic heterocycles. The van der Waals surface area contributed by atoms with Crippen LogP contribution in [0.25, 0.3) is 11.0 Å². The van der Waals surface area contributed by atoms with Gasteiger partial charge < -0.3 is 19.1 Å². The molecule has 81 heavy (non-hydrogen) atoms. The fourth-order valence-corrected chi connectivity index (χ4v) is 15.0. The normalized spacial score (nSPS) is 20.3. The summed E-state index contributed by atoms with van der Waals surface area (Å²) in [6.07, 6.45) is 6.42. The maximum absolute atomic E-state index is 9.82. The van der Waals surface area contributed by atoms with E-state index in [1.54, 1.807) is 0 Å². The molecule has 0 saturated heterocycles. The highest BCUT2D eigenvalue weighted by molar-refractivity contribution is 7.00. The monoisotopic (exact) mass is 1070 g/mol. The Hall–Kier alpha value is -6.46. The van der Waals surface area contributed by atoms with Gasteiger partial charge in [-0.15, -0.1) is 0 Å². The molecule has 13 rings (SSSR count). The smallest absolute Gasteiger partial charge is 0.297 e. The predicted molar refractivity (Wildman–Crippen MR) is 348 cm³/mol. The molecule has 2 aliphatic heterocycles. The van der Waals surface area contributed by atoms with Gasteiger partial charge in [0.25, 0.3) is 6.71 Å². The van der Waals surface area contributed by atoms with E-state index in [0.29, 0.717) is 11.4 Å². The highest BCUT2D eigenvalue weighted by Crippen LogP contribution is 2.56. The Bertz CT molecular complexity index is 4140. The molecule has 3 heterocycles. The Morgan fingerprint density at radius 1 is 0.444 bits per heavy atom. The van der Waals surface area contributed by atoms with Crippen LogP contribution in [0.4, 0.5) is 51.2 Å². The van der Waals surface area contributed by atoms with Gasteiger partial charge in [-0.1, -0.05) is 179 Å². The van der Waals surface area contributed by atoms with Crippen molar-refractivity contribution in [2.75, 3.05) is 14.7 Å². The van der Waals surface area contributed by atoms with Crippen molar-refractivity contribution in [3.63, 3.8) is 0 Å². The highest BCUT2D eigenvalue weighted by Gasteiger charge is 2.51. The third-order valence-electron chi connectivity index (χ3n) is 20.6. The van der Waals surface area contributed by atoms with Crippen LogP contribution in [0.15, 0.2) is 138 Å². The maximum Gasteiger partial charge on any atom is 0.297 e. The van der Waals surface area contributed by atoms with Gasteiger partial charge in [-0.25, -0.2) is 0 Å². The Morgan fingerprint density at radius 3 is 1.44 bits per heavy atom. The molecule has 0 saturated carbocycles. The third kappa shape index (κ3) is 8.41. The van der Waals surface area contributed by atoms with E-state index in [1.165, 1.54) is 44.4 Å². The Labute approximate surface area is 493 Å². The summed E-state index contributed by atoms with van der Waals surface area (Å²) in [6.45, 7) is 41.9. The first kappa shape index (κ1) is 48.1. The molecule has 8 aromatic rings. The average molecular weight is 1080 g/mol. The summed E-state index contributed by atoms with van der Waals surface area (Å²) in [6, 6.07) is 37.4. The fourth-order valence-electron chi connectivity index (χ4n) is 15.0. The van der Waals surface area contributed by atoms with Crippen molar-refractivity contribution in [3.05, 3.63) is 178 Å². The molecule has 0 atom stereocenters. The molecule has 3 aliphatic carbocycles. The number of rotatable bonds is 5. The lowest BCUT2D eigenvalue weighted by Gasteiger charge is -2.47. The second kappa shape index (κ2) is 17.5. The van der Waals surface area contributed by atoms with Crippen LogP contribution < -0.4 is 31.3 Å². The SMILES string of the molecule is [2H]c1c([2H])c([2H])c(N(c2ccc(C(C)(C)C)cc2)c2cc3c4c(c2)N(c2ccc(C(C)(C)C)cc2)c2c(oc5cc6c(cc25)C(C)(C)CCC6(C)C)B4c2cc4c(cc2N3c2ccc3c(c2)C(C)(C)CCC3(C)C)C(C)(C)CCC4(C)C)c([2H])c1[2H]. The molecule has 0 unspecified atom stereocenters. The van der Waals surface area contributed by atoms with Crippen LogP contribution in [0, 0.1) is 0 Å². The van der Waals surface area contributed by atoms with Crippen molar-refractivity contribution in [2.45, 2.75) is 206 Å². The molecule has 0 bridgehead atoms. The Balaban J connectivity index is 1.23. The van der Waals surface area contributed by atoms with Crippen molar-refractivity contribution in [1.82, 2.24) is 0 Å². The van der Waals surface area contributed by atoms with E-state index in [-0.39, 0.29) is 79.9 Å². The number of hydrogen-bond acceptors (Lipinski definition) is 4. The van der Waals surface area contributed by atoms with Crippen LogP contribution in [0.5, 0.6) is 0 Å². The van der Waals surface area contributed by atoms with Crippen LogP contribution in [0.1, 0.15) is 215 Å². The van der Waals surface area contributed by atoms with Crippen molar-refractivity contribution < 1.29 is 11.3 Å². The molecule has 5 aliphatic rings. The van der Waals surface area contributed by atoms with Crippen LogP contribution in [-0.2, 0) is 43.3 Å². The van der Waals surface area contributed by atoms with Crippen LogP contribution in [0.3, 0.4) is 0 Å². The average Bonchev–Trinajstić information content (AvgIpc) is 1.21. The van der Waals surface area contributed by atoms with E-state index in [0.717, 1.165) is 100 Å². The van der Waals surface area contributed by atoms with Gasteiger partial charge in [0.2, 0.25) is 0 Å². The third-order valence-corrected chi connectivity index (χ3v) is 20.6. The van der Waals surface area contributed by atoms with Crippen LogP contribution in [-0.4, -0.2) is 6.71 Å². The summed E-state index contributed by atoms with van der Waals surface area (Å²) in [5.41, 5.74) is 21.3. The van der Waals surface area contributed by atoms with Gasteiger partial charge in [0.15, 0.2) is 0 Å². The Kier molecular flexibility index (Phi) is 10.4. The van der Waals surface area contributed by atoms with E-state index < -0.39 is 6.04 Å². The van der Waals surface area contributed by atoms with Crippen molar-refractivity contribution in [2.24, 2.45) is 0 Å². The lowest BCUT2D eigenvalue weighted by Crippen LogP contribution is -2.61. The molecule has 416 valence electrons. The van der Waals surface area contributed by atoms with Gasteiger partial charge in [-0.05, 0) is 216 Å². The van der Waals surface area contributed by atoms with Gasteiger partial charge in [-0.3, -0.25) is 0 Å². The van der Waals surface area contributed by atoms with E-state index >= 15 is 0 Å². The Morgan fingerprint density at radius 2 is 0.901 bits per heavy atom. The number of benzene rings is 7. The second-order valence-corrected chi connectivity index (χ2v) is 31.1. The van der Waals surface area contributed by atoms with Gasteiger partial charge in [0.1, 0.15) is 5.58 Å². The number of fused-ring (bicyclic) bond motifs is 9.